The monoisotopic (exact) mass is 400 g/mol. The number of benzene rings is 2. The van der Waals surface area contributed by atoms with Gasteiger partial charge in [0.1, 0.15) is 5.75 Å². The smallest absolute Gasteiger partial charge is 0.258 e. The van der Waals surface area contributed by atoms with Crippen LogP contribution in [-0.4, -0.2) is 41.5 Å². The third kappa shape index (κ3) is 4.80. The van der Waals surface area contributed by atoms with Crippen molar-refractivity contribution < 1.29 is 14.3 Å². The summed E-state index contributed by atoms with van der Waals surface area (Å²) < 4.78 is 5.50. The maximum absolute atomic E-state index is 12.2. The minimum Gasteiger partial charge on any atom is -0.484 e. The Bertz CT molecular complexity index is 993. The Balaban J connectivity index is 1.39. The Morgan fingerprint density at radius 2 is 1.82 bits per heavy atom. The van der Waals surface area contributed by atoms with E-state index in [-0.39, 0.29) is 18.4 Å². The van der Waals surface area contributed by atoms with E-state index in [0.29, 0.717) is 29.4 Å². The van der Waals surface area contributed by atoms with Crippen molar-refractivity contribution in [2.24, 2.45) is 0 Å². The summed E-state index contributed by atoms with van der Waals surface area (Å²) in [6, 6.07) is 8.81. The number of aromatic amines is 1. The standard InChI is InChI=1S/C20H21ClN4O3/c1-12-7-15(8-13(2)19(12)21)28-10-18(26)22-5-6-23-20(27)14-3-4-16-17(9-14)25-11-24-16/h3-4,7-9,11H,5-6,10H2,1-2H3,(H,22,26)(H,23,27)(H,24,25). The third-order valence-electron chi connectivity index (χ3n) is 4.20. The number of halogens is 1. The Labute approximate surface area is 167 Å². The second-order valence-corrected chi connectivity index (χ2v) is 6.78. The highest BCUT2D eigenvalue weighted by molar-refractivity contribution is 6.32. The van der Waals surface area contributed by atoms with Crippen LogP contribution >= 0.6 is 11.6 Å². The molecule has 146 valence electrons. The third-order valence-corrected chi connectivity index (χ3v) is 4.79. The second kappa shape index (κ2) is 8.75. The van der Waals surface area contributed by atoms with Gasteiger partial charge in [0.2, 0.25) is 0 Å². The molecule has 2 aromatic carbocycles. The lowest BCUT2D eigenvalue weighted by molar-refractivity contribution is -0.123. The highest BCUT2D eigenvalue weighted by Crippen LogP contribution is 2.25. The molecule has 3 N–H and O–H groups in total. The molecule has 0 saturated heterocycles. The van der Waals surface area contributed by atoms with Gasteiger partial charge >= 0.3 is 0 Å². The van der Waals surface area contributed by atoms with Crippen molar-refractivity contribution in [3.05, 3.63) is 58.4 Å². The summed E-state index contributed by atoms with van der Waals surface area (Å²) in [5.74, 6) is 0.115. The molecule has 1 aromatic heterocycles. The number of carbonyl (C=O) groups excluding carboxylic acids is 2. The molecule has 3 aromatic rings. The zero-order valence-corrected chi connectivity index (χ0v) is 16.4. The van der Waals surface area contributed by atoms with Crippen molar-refractivity contribution in [2.45, 2.75) is 13.8 Å². The Hall–Kier alpha value is -3.06. The SMILES string of the molecule is Cc1cc(OCC(=O)NCCNC(=O)c2ccc3nc[nH]c3c2)cc(C)c1Cl. The van der Waals surface area contributed by atoms with Crippen LogP contribution in [0.25, 0.3) is 11.0 Å². The van der Waals surface area contributed by atoms with Gasteiger partial charge in [-0.05, 0) is 55.3 Å². The molecular formula is C20H21ClN4O3. The van der Waals surface area contributed by atoms with Crippen LogP contribution in [0.15, 0.2) is 36.7 Å². The van der Waals surface area contributed by atoms with Crippen LogP contribution in [0.1, 0.15) is 21.5 Å². The average Bonchev–Trinajstić information content (AvgIpc) is 3.15. The number of hydrogen-bond acceptors (Lipinski definition) is 4. The zero-order valence-electron chi connectivity index (χ0n) is 15.6. The van der Waals surface area contributed by atoms with Gasteiger partial charge in [0.05, 0.1) is 17.4 Å². The van der Waals surface area contributed by atoms with Crippen LogP contribution < -0.4 is 15.4 Å². The second-order valence-electron chi connectivity index (χ2n) is 6.40. The molecule has 0 radical (unpaired) electrons. The van der Waals surface area contributed by atoms with Gasteiger partial charge in [-0.25, -0.2) is 4.98 Å². The summed E-state index contributed by atoms with van der Waals surface area (Å²) in [5.41, 5.74) is 3.92. The number of amides is 2. The van der Waals surface area contributed by atoms with Crippen molar-refractivity contribution >= 4 is 34.4 Å². The number of imidazole rings is 1. The molecule has 8 heteroatoms. The van der Waals surface area contributed by atoms with E-state index in [0.717, 1.165) is 22.2 Å². The number of fused-ring (bicyclic) bond motifs is 1. The van der Waals surface area contributed by atoms with Gasteiger partial charge in [0.25, 0.3) is 11.8 Å². The van der Waals surface area contributed by atoms with Gasteiger partial charge in [0.15, 0.2) is 6.61 Å². The van der Waals surface area contributed by atoms with E-state index in [1.807, 2.05) is 13.8 Å². The van der Waals surface area contributed by atoms with Crippen molar-refractivity contribution in [3.8, 4) is 5.75 Å². The summed E-state index contributed by atoms with van der Waals surface area (Å²) in [4.78, 5) is 31.1. The van der Waals surface area contributed by atoms with Gasteiger partial charge < -0.3 is 20.4 Å². The van der Waals surface area contributed by atoms with Crippen LogP contribution in [0.2, 0.25) is 5.02 Å². The van der Waals surface area contributed by atoms with E-state index in [1.165, 1.54) is 0 Å². The molecule has 2 amide bonds. The van der Waals surface area contributed by atoms with Gasteiger partial charge in [-0.15, -0.1) is 0 Å². The number of ether oxygens (including phenoxy) is 1. The maximum atomic E-state index is 12.2. The molecule has 28 heavy (non-hydrogen) atoms. The Kier molecular flexibility index (Phi) is 6.16. The van der Waals surface area contributed by atoms with Crippen LogP contribution in [0.4, 0.5) is 0 Å². The van der Waals surface area contributed by atoms with Gasteiger partial charge in [-0.2, -0.15) is 0 Å². The molecule has 0 unspecified atom stereocenters. The van der Waals surface area contributed by atoms with E-state index in [9.17, 15) is 9.59 Å². The van der Waals surface area contributed by atoms with Crippen molar-refractivity contribution in [2.75, 3.05) is 19.7 Å². The summed E-state index contributed by atoms with van der Waals surface area (Å²) in [6.07, 6.45) is 1.58. The lowest BCUT2D eigenvalue weighted by Gasteiger charge is -2.11. The number of H-pyrrole nitrogens is 1. The minimum atomic E-state index is -0.265. The van der Waals surface area contributed by atoms with E-state index < -0.39 is 0 Å². The largest absolute Gasteiger partial charge is 0.484 e. The van der Waals surface area contributed by atoms with Crippen LogP contribution in [-0.2, 0) is 4.79 Å². The number of hydrogen-bond donors (Lipinski definition) is 3. The van der Waals surface area contributed by atoms with Gasteiger partial charge in [-0.3, -0.25) is 9.59 Å². The van der Waals surface area contributed by atoms with E-state index in [1.54, 1.807) is 36.7 Å². The number of carbonyl (C=O) groups is 2. The molecule has 7 nitrogen and oxygen atoms in total. The number of nitrogens with one attached hydrogen (secondary N) is 3. The molecular weight excluding hydrogens is 380 g/mol. The van der Waals surface area contributed by atoms with Crippen LogP contribution in [0, 0.1) is 13.8 Å². The number of rotatable bonds is 7. The molecule has 1 heterocycles. The molecule has 0 atom stereocenters. The highest BCUT2D eigenvalue weighted by atomic mass is 35.5. The fraction of sp³-hybridized carbons (Fsp3) is 0.250. The lowest BCUT2D eigenvalue weighted by Crippen LogP contribution is -2.36. The molecule has 0 aliphatic heterocycles. The summed E-state index contributed by atoms with van der Waals surface area (Å²) in [6.45, 7) is 4.28. The van der Waals surface area contributed by atoms with Crippen molar-refractivity contribution in [3.63, 3.8) is 0 Å². The summed E-state index contributed by atoms with van der Waals surface area (Å²) >= 11 is 6.12. The minimum absolute atomic E-state index is 0.106. The summed E-state index contributed by atoms with van der Waals surface area (Å²) in [7, 11) is 0. The first-order valence-electron chi connectivity index (χ1n) is 8.81. The van der Waals surface area contributed by atoms with Gasteiger partial charge in [-0.1, -0.05) is 11.6 Å². The first-order valence-corrected chi connectivity index (χ1v) is 9.19. The molecule has 3 rings (SSSR count). The van der Waals surface area contributed by atoms with E-state index >= 15 is 0 Å². The predicted octanol–water partition coefficient (Wildman–Crippen LogP) is 2.76. The van der Waals surface area contributed by atoms with E-state index in [2.05, 4.69) is 20.6 Å². The average molecular weight is 401 g/mol. The highest BCUT2D eigenvalue weighted by Gasteiger charge is 2.08. The Morgan fingerprint density at radius 3 is 2.57 bits per heavy atom. The first kappa shape index (κ1) is 19.7. The number of nitrogens with zero attached hydrogens (tertiary/aromatic N) is 1. The van der Waals surface area contributed by atoms with Gasteiger partial charge in [0, 0.05) is 23.7 Å². The fourth-order valence-electron chi connectivity index (χ4n) is 2.75. The fourth-order valence-corrected chi connectivity index (χ4v) is 2.86. The Morgan fingerprint density at radius 1 is 1.11 bits per heavy atom. The molecule has 0 aliphatic carbocycles. The van der Waals surface area contributed by atoms with Crippen molar-refractivity contribution in [1.82, 2.24) is 20.6 Å². The molecule has 0 saturated carbocycles. The van der Waals surface area contributed by atoms with Crippen LogP contribution in [0.5, 0.6) is 5.75 Å². The predicted molar refractivity (Wildman–Crippen MR) is 108 cm³/mol. The van der Waals surface area contributed by atoms with E-state index in [4.69, 9.17) is 16.3 Å². The topological polar surface area (TPSA) is 96.1 Å². The first-order chi connectivity index (χ1) is 13.4. The normalized spacial score (nSPS) is 10.7. The molecule has 0 fully saturated rings. The lowest BCUT2D eigenvalue weighted by atomic mass is 10.1. The number of aromatic nitrogens is 2. The number of aryl methyl sites for hydroxylation is 2. The molecule has 0 bridgehead atoms. The quantitative estimate of drug-likeness (QED) is 0.531. The zero-order chi connectivity index (χ0) is 20.1. The summed E-state index contributed by atoms with van der Waals surface area (Å²) in [5, 5.41) is 6.16. The maximum Gasteiger partial charge on any atom is 0.258 e. The van der Waals surface area contributed by atoms with Crippen molar-refractivity contribution in [1.29, 1.82) is 0 Å². The molecule has 0 aliphatic rings. The molecule has 0 spiro atoms. The van der Waals surface area contributed by atoms with Crippen LogP contribution in [0.3, 0.4) is 0 Å².